The monoisotopic (exact) mass is 546 g/mol. The highest BCUT2D eigenvalue weighted by molar-refractivity contribution is 7.92. The number of ether oxygens (including phenoxy) is 3. The Kier molecular flexibility index (Phi) is 8.08. The molecule has 0 radical (unpaired) electrons. The number of methoxy groups -OCH3 is 2. The van der Waals surface area contributed by atoms with Crippen LogP contribution in [-0.4, -0.2) is 50.9 Å². The van der Waals surface area contributed by atoms with Gasteiger partial charge in [0.05, 0.1) is 42.4 Å². The van der Waals surface area contributed by atoms with E-state index in [-0.39, 0.29) is 30.6 Å². The van der Waals surface area contributed by atoms with Crippen molar-refractivity contribution < 1.29 is 36.5 Å². The Labute approximate surface area is 217 Å². The smallest absolute Gasteiger partial charge is 0.263 e. The second-order valence-corrected chi connectivity index (χ2v) is 9.53. The molecule has 0 aliphatic carbocycles. The number of anilines is 3. The standard InChI is InChI=1S/C25H24F2N4O6S/c1-35-15-12-21(23(22(13-15)36-2)37-11-5-10-32)30-24-25(29-20-7-4-3-6-19(20)28-24)31-38(33,34)16-8-9-17(26)18(27)14-16/h3-4,6-9,12-14,32H,5,10-11H2,1-2H3,(H,28,30)(H,29,31). The first-order chi connectivity index (χ1) is 18.2. The number of aromatic nitrogens is 2. The van der Waals surface area contributed by atoms with Gasteiger partial charge >= 0.3 is 0 Å². The van der Waals surface area contributed by atoms with E-state index in [2.05, 4.69) is 20.0 Å². The third-order valence-corrected chi connectivity index (χ3v) is 6.63. The highest BCUT2D eigenvalue weighted by atomic mass is 32.2. The minimum atomic E-state index is -4.40. The molecular formula is C25H24F2N4O6S. The van der Waals surface area contributed by atoms with Crippen LogP contribution in [0.1, 0.15) is 6.42 Å². The predicted molar refractivity (Wildman–Crippen MR) is 137 cm³/mol. The van der Waals surface area contributed by atoms with Crippen LogP contribution in [0.25, 0.3) is 11.0 Å². The Hall–Kier alpha value is -4.23. The Balaban J connectivity index is 1.82. The zero-order valence-electron chi connectivity index (χ0n) is 20.4. The molecular weight excluding hydrogens is 522 g/mol. The molecule has 4 aromatic rings. The van der Waals surface area contributed by atoms with E-state index in [4.69, 9.17) is 19.3 Å². The van der Waals surface area contributed by atoms with Gasteiger partial charge in [-0.1, -0.05) is 12.1 Å². The van der Waals surface area contributed by atoms with Crippen molar-refractivity contribution in [2.75, 3.05) is 37.5 Å². The zero-order chi connectivity index (χ0) is 27.3. The van der Waals surface area contributed by atoms with Crippen LogP contribution < -0.4 is 24.2 Å². The fourth-order valence-corrected chi connectivity index (χ4v) is 4.46. The molecule has 0 bridgehead atoms. The second-order valence-electron chi connectivity index (χ2n) is 7.85. The van der Waals surface area contributed by atoms with E-state index in [1.807, 2.05) is 0 Å². The molecule has 0 spiro atoms. The van der Waals surface area contributed by atoms with E-state index in [9.17, 15) is 17.2 Å². The van der Waals surface area contributed by atoms with Crippen molar-refractivity contribution >= 4 is 38.4 Å². The molecule has 0 amide bonds. The van der Waals surface area contributed by atoms with Gasteiger partial charge in [-0.2, -0.15) is 0 Å². The predicted octanol–water partition coefficient (Wildman–Crippen LogP) is 4.23. The van der Waals surface area contributed by atoms with Crippen molar-refractivity contribution in [2.45, 2.75) is 11.3 Å². The topological polar surface area (TPSA) is 132 Å². The first-order valence-electron chi connectivity index (χ1n) is 11.3. The number of para-hydroxylation sites is 2. The molecule has 0 saturated carbocycles. The summed E-state index contributed by atoms with van der Waals surface area (Å²) in [4.78, 5) is 8.40. The number of benzene rings is 3. The number of fused-ring (bicyclic) bond motifs is 1. The summed E-state index contributed by atoms with van der Waals surface area (Å²) >= 11 is 0. The average molecular weight is 547 g/mol. The molecule has 13 heteroatoms. The summed E-state index contributed by atoms with van der Waals surface area (Å²) in [6, 6.07) is 12.2. The molecule has 4 rings (SSSR count). The largest absolute Gasteiger partial charge is 0.497 e. The van der Waals surface area contributed by atoms with Crippen LogP contribution in [0, 0.1) is 11.6 Å². The molecule has 1 heterocycles. The van der Waals surface area contributed by atoms with Gasteiger partial charge in [-0.05, 0) is 30.3 Å². The molecule has 0 saturated heterocycles. The van der Waals surface area contributed by atoms with E-state index in [1.165, 1.54) is 14.2 Å². The van der Waals surface area contributed by atoms with Crippen LogP contribution >= 0.6 is 0 Å². The minimum Gasteiger partial charge on any atom is -0.497 e. The molecule has 3 N–H and O–H groups in total. The summed E-state index contributed by atoms with van der Waals surface area (Å²) < 4.78 is 72.2. The number of hydrogen-bond donors (Lipinski definition) is 3. The normalized spacial score (nSPS) is 11.3. The fourth-order valence-electron chi connectivity index (χ4n) is 3.44. The van der Waals surface area contributed by atoms with Gasteiger partial charge in [0.2, 0.25) is 0 Å². The van der Waals surface area contributed by atoms with Crippen molar-refractivity contribution in [3.8, 4) is 17.2 Å². The van der Waals surface area contributed by atoms with Gasteiger partial charge in [-0.3, -0.25) is 4.72 Å². The first-order valence-corrected chi connectivity index (χ1v) is 12.8. The maximum atomic E-state index is 13.8. The van der Waals surface area contributed by atoms with Gasteiger partial charge in [-0.25, -0.2) is 27.2 Å². The number of aliphatic hydroxyl groups is 1. The van der Waals surface area contributed by atoms with Gasteiger partial charge in [-0.15, -0.1) is 0 Å². The quantitative estimate of drug-likeness (QED) is 0.237. The Morgan fingerprint density at radius 3 is 2.26 bits per heavy atom. The number of aliphatic hydroxyl groups excluding tert-OH is 1. The van der Waals surface area contributed by atoms with Crippen LogP contribution in [0.15, 0.2) is 59.5 Å². The van der Waals surface area contributed by atoms with Crippen molar-refractivity contribution in [1.82, 2.24) is 9.97 Å². The van der Waals surface area contributed by atoms with Gasteiger partial charge in [0.25, 0.3) is 10.0 Å². The minimum absolute atomic E-state index is 0.0165. The van der Waals surface area contributed by atoms with E-state index in [0.29, 0.717) is 46.8 Å². The lowest BCUT2D eigenvalue weighted by Gasteiger charge is -2.19. The van der Waals surface area contributed by atoms with Crippen LogP contribution in [0.2, 0.25) is 0 Å². The van der Waals surface area contributed by atoms with Gasteiger partial charge in [0, 0.05) is 25.2 Å². The van der Waals surface area contributed by atoms with Crippen LogP contribution in [0.4, 0.5) is 26.1 Å². The number of nitrogens with zero attached hydrogens (tertiary/aromatic N) is 2. The lowest BCUT2D eigenvalue weighted by molar-refractivity contribution is 0.228. The van der Waals surface area contributed by atoms with Crippen LogP contribution in [-0.2, 0) is 10.0 Å². The van der Waals surface area contributed by atoms with E-state index < -0.39 is 26.6 Å². The summed E-state index contributed by atoms with van der Waals surface area (Å²) in [7, 11) is -1.50. The molecule has 0 aliphatic rings. The van der Waals surface area contributed by atoms with Crippen molar-refractivity contribution in [1.29, 1.82) is 0 Å². The zero-order valence-corrected chi connectivity index (χ0v) is 21.2. The lowest BCUT2D eigenvalue weighted by atomic mass is 10.2. The van der Waals surface area contributed by atoms with E-state index in [1.54, 1.807) is 36.4 Å². The molecule has 0 atom stereocenters. The summed E-state index contributed by atoms with van der Waals surface area (Å²) in [5.74, 6) is -1.76. The molecule has 200 valence electrons. The second kappa shape index (κ2) is 11.4. The van der Waals surface area contributed by atoms with Gasteiger partial charge < -0.3 is 24.6 Å². The van der Waals surface area contributed by atoms with Crippen molar-refractivity contribution in [2.24, 2.45) is 0 Å². The summed E-state index contributed by atoms with van der Waals surface area (Å²) in [6.07, 6.45) is 0.351. The Morgan fingerprint density at radius 2 is 1.63 bits per heavy atom. The van der Waals surface area contributed by atoms with E-state index >= 15 is 0 Å². The molecule has 0 aliphatic heterocycles. The maximum Gasteiger partial charge on any atom is 0.263 e. The van der Waals surface area contributed by atoms with E-state index in [0.717, 1.165) is 6.07 Å². The molecule has 38 heavy (non-hydrogen) atoms. The molecule has 1 aromatic heterocycles. The van der Waals surface area contributed by atoms with Crippen LogP contribution in [0.5, 0.6) is 17.2 Å². The first kappa shape index (κ1) is 26.8. The number of nitrogens with one attached hydrogen (secondary N) is 2. The van der Waals surface area contributed by atoms with Crippen LogP contribution in [0.3, 0.4) is 0 Å². The SMILES string of the molecule is COc1cc(Nc2nc3ccccc3nc2NS(=O)(=O)c2ccc(F)c(F)c2)c(OCCCO)c(OC)c1. The third-order valence-electron chi connectivity index (χ3n) is 5.29. The molecule has 3 aromatic carbocycles. The third kappa shape index (κ3) is 5.84. The number of halogens is 2. The highest BCUT2D eigenvalue weighted by Gasteiger charge is 2.22. The number of rotatable bonds is 11. The fraction of sp³-hybridized carbons (Fsp3) is 0.200. The lowest BCUT2D eigenvalue weighted by Crippen LogP contribution is -2.16. The summed E-state index contributed by atoms with van der Waals surface area (Å²) in [5.41, 5.74) is 1.13. The van der Waals surface area contributed by atoms with Gasteiger partial charge in [0.1, 0.15) is 5.75 Å². The highest BCUT2D eigenvalue weighted by Crippen LogP contribution is 2.42. The Bertz CT molecular complexity index is 1570. The molecule has 0 fully saturated rings. The Morgan fingerprint density at radius 1 is 0.921 bits per heavy atom. The molecule has 0 unspecified atom stereocenters. The summed E-state index contributed by atoms with van der Waals surface area (Å²) in [5, 5.41) is 12.2. The van der Waals surface area contributed by atoms with Gasteiger partial charge in [0.15, 0.2) is 34.8 Å². The average Bonchev–Trinajstić information content (AvgIpc) is 2.90. The number of hydrogen-bond acceptors (Lipinski definition) is 9. The number of sulfonamides is 1. The summed E-state index contributed by atoms with van der Waals surface area (Å²) in [6.45, 7) is 0.0696. The maximum absolute atomic E-state index is 13.8. The van der Waals surface area contributed by atoms with Crippen molar-refractivity contribution in [3.63, 3.8) is 0 Å². The molecule has 10 nitrogen and oxygen atoms in total. The van der Waals surface area contributed by atoms with Crippen molar-refractivity contribution in [3.05, 3.63) is 66.2 Å².